The van der Waals surface area contributed by atoms with Crippen molar-refractivity contribution in [3.8, 4) is 5.69 Å². The first-order valence-electron chi connectivity index (χ1n) is 7.66. The van der Waals surface area contributed by atoms with Gasteiger partial charge in [0.05, 0.1) is 21.9 Å². The van der Waals surface area contributed by atoms with Crippen LogP contribution in [0.15, 0.2) is 54.6 Å². The normalized spacial score (nSPS) is 12.4. The number of nitrogens with zero attached hydrogens (tertiary/aromatic N) is 6. The molecule has 0 saturated heterocycles. The Morgan fingerprint density at radius 3 is 2.58 bits per heavy atom. The third-order valence-electron chi connectivity index (χ3n) is 4.02. The Bertz CT molecular complexity index is 928. The van der Waals surface area contributed by atoms with E-state index >= 15 is 0 Å². The molecule has 0 radical (unpaired) electrons. The molecule has 6 nitrogen and oxygen atoms in total. The Morgan fingerprint density at radius 1 is 1.04 bits per heavy atom. The molecule has 0 bridgehead atoms. The molecule has 0 fully saturated rings. The van der Waals surface area contributed by atoms with Crippen LogP contribution in [0.3, 0.4) is 0 Å². The van der Waals surface area contributed by atoms with E-state index in [9.17, 15) is 0 Å². The molecule has 0 aliphatic heterocycles. The second-order valence-corrected chi connectivity index (χ2v) is 6.60. The van der Waals surface area contributed by atoms with Crippen molar-refractivity contribution >= 4 is 27.5 Å². The third kappa shape index (κ3) is 2.52. The average Bonchev–Trinajstić information content (AvgIpc) is 3.28. The number of tetrazole rings is 1. The molecule has 7 heteroatoms. The topological polar surface area (TPSA) is 59.7 Å². The van der Waals surface area contributed by atoms with Crippen molar-refractivity contribution in [1.82, 2.24) is 25.2 Å². The van der Waals surface area contributed by atoms with Gasteiger partial charge in [0.2, 0.25) is 0 Å². The van der Waals surface area contributed by atoms with Gasteiger partial charge in [-0.25, -0.2) is 4.98 Å². The second kappa shape index (κ2) is 6.01. The SMILES string of the molecule is C[C@H](c1nc2ccccc2s1)N(C)c1nnnn1-c1ccccc1. The summed E-state index contributed by atoms with van der Waals surface area (Å²) in [5.41, 5.74) is 1.96. The van der Waals surface area contributed by atoms with E-state index in [1.807, 2.05) is 60.5 Å². The summed E-state index contributed by atoms with van der Waals surface area (Å²) in [6, 6.07) is 18.1. The maximum absolute atomic E-state index is 4.75. The molecule has 120 valence electrons. The smallest absolute Gasteiger partial charge is 0.250 e. The fraction of sp³-hybridized carbons (Fsp3) is 0.176. The zero-order chi connectivity index (χ0) is 16.5. The van der Waals surface area contributed by atoms with Crippen molar-refractivity contribution in [2.75, 3.05) is 11.9 Å². The third-order valence-corrected chi connectivity index (χ3v) is 5.22. The average molecular weight is 336 g/mol. The molecular weight excluding hydrogens is 320 g/mol. The lowest BCUT2D eigenvalue weighted by molar-refractivity contribution is 0.692. The first-order valence-corrected chi connectivity index (χ1v) is 8.48. The Labute approximate surface area is 143 Å². The van der Waals surface area contributed by atoms with Gasteiger partial charge in [0.1, 0.15) is 5.01 Å². The van der Waals surface area contributed by atoms with Gasteiger partial charge < -0.3 is 4.90 Å². The molecule has 4 rings (SSSR count). The summed E-state index contributed by atoms with van der Waals surface area (Å²) >= 11 is 1.70. The highest BCUT2D eigenvalue weighted by Crippen LogP contribution is 2.31. The van der Waals surface area contributed by atoms with Gasteiger partial charge in [-0.15, -0.1) is 11.3 Å². The predicted molar refractivity (Wildman–Crippen MR) is 95.6 cm³/mol. The molecule has 0 unspecified atom stereocenters. The van der Waals surface area contributed by atoms with Crippen molar-refractivity contribution in [2.45, 2.75) is 13.0 Å². The van der Waals surface area contributed by atoms with Crippen molar-refractivity contribution in [3.05, 3.63) is 59.6 Å². The van der Waals surface area contributed by atoms with Gasteiger partial charge >= 0.3 is 0 Å². The van der Waals surface area contributed by atoms with E-state index in [0.717, 1.165) is 16.2 Å². The molecule has 4 aromatic rings. The van der Waals surface area contributed by atoms with E-state index in [2.05, 4.69) is 28.5 Å². The minimum Gasteiger partial charge on any atom is -0.333 e. The van der Waals surface area contributed by atoms with E-state index in [1.54, 1.807) is 16.0 Å². The molecule has 1 atom stereocenters. The summed E-state index contributed by atoms with van der Waals surface area (Å²) < 4.78 is 2.93. The lowest BCUT2D eigenvalue weighted by Gasteiger charge is -2.23. The van der Waals surface area contributed by atoms with E-state index in [-0.39, 0.29) is 6.04 Å². The number of rotatable bonds is 4. The Morgan fingerprint density at radius 2 is 1.79 bits per heavy atom. The van der Waals surface area contributed by atoms with Gasteiger partial charge in [0.15, 0.2) is 0 Å². The molecule has 0 amide bonds. The number of benzene rings is 2. The van der Waals surface area contributed by atoms with Crippen LogP contribution in [0.25, 0.3) is 15.9 Å². The van der Waals surface area contributed by atoms with Crippen molar-refractivity contribution in [2.24, 2.45) is 0 Å². The molecular formula is C17H16N6S. The van der Waals surface area contributed by atoms with E-state index < -0.39 is 0 Å². The van der Waals surface area contributed by atoms with Gasteiger partial charge in [-0.05, 0) is 41.6 Å². The van der Waals surface area contributed by atoms with E-state index in [4.69, 9.17) is 4.98 Å². The van der Waals surface area contributed by atoms with Crippen LogP contribution in [-0.2, 0) is 0 Å². The summed E-state index contributed by atoms with van der Waals surface area (Å²) in [6.45, 7) is 2.11. The first-order chi connectivity index (χ1) is 11.7. The van der Waals surface area contributed by atoms with Crippen LogP contribution in [0.2, 0.25) is 0 Å². The van der Waals surface area contributed by atoms with Crippen LogP contribution in [0.4, 0.5) is 5.95 Å². The van der Waals surface area contributed by atoms with Gasteiger partial charge in [0.25, 0.3) is 5.95 Å². The first kappa shape index (κ1) is 14.8. The number of fused-ring (bicyclic) bond motifs is 1. The van der Waals surface area contributed by atoms with Gasteiger partial charge in [0, 0.05) is 7.05 Å². The number of anilines is 1. The lowest BCUT2D eigenvalue weighted by atomic mass is 10.3. The van der Waals surface area contributed by atoms with Crippen LogP contribution >= 0.6 is 11.3 Å². The van der Waals surface area contributed by atoms with Crippen molar-refractivity contribution in [3.63, 3.8) is 0 Å². The minimum absolute atomic E-state index is 0.0656. The molecule has 2 aromatic carbocycles. The highest BCUT2D eigenvalue weighted by atomic mass is 32.1. The zero-order valence-electron chi connectivity index (χ0n) is 13.4. The summed E-state index contributed by atoms with van der Waals surface area (Å²) in [4.78, 5) is 6.79. The van der Waals surface area contributed by atoms with Gasteiger partial charge in [-0.3, -0.25) is 0 Å². The van der Waals surface area contributed by atoms with Crippen LogP contribution < -0.4 is 4.90 Å². The monoisotopic (exact) mass is 336 g/mol. The molecule has 24 heavy (non-hydrogen) atoms. The fourth-order valence-electron chi connectivity index (χ4n) is 2.55. The predicted octanol–water partition coefficient (Wildman–Crippen LogP) is 3.47. The largest absolute Gasteiger partial charge is 0.333 e. The van der Waals surface area contributed by atoms with Crippen LogP contribution in [0.1, 0.15) is 18.0 Å². The standard InChI is InChI=1S/C17H16N6S/c1-12(16-18-14-10-6-7-11-15(14)24-16)22(2)17-19-20-21-23(17)13-8-4-3-5-9-13/h3-12H,1-2H3/t12-/m1/s1. The van der Waals surface area contributed by atoms with Crippen molar-refractivity contribution in [1.29, 1.82) is 0 Å². The number of hydrogen-bond acceptors (Lipinski definition) is 6. The maximum Gasteiger partial charge on any atom is 0.250 e. The minimum atomic E-state index is 0.0656. The summed E-state index contributed by atoms with van der Waals surface area (Å²) in [5.74, 6) is 0.688. The lowest BCUT2D eigenvalue weighted by Crippen LogP contribution is -2.25. The molecule has 0 saturated carbocycles. The number of aromatic nitrogens is 5. The summed E-state index contributed by atoms with van der Waals surface area (Å²) in [5, 5.41) is 13.2. The zero-order valence-corrected chi connectivity index (χ0v) is 14.2. The van der Waals surface area contributed by atoms with Crippen LogP contribution in [-0.4, -0.2) is 32.2 Å². The van der Waals surface area contributed by atoms with E-state index in [0.29, 0.717) is 5.95 Å². The molecule has 0 spiro atoms. The molecule has 0 N–H and O–H groups in total. The van der Waals surface area contributed by atoms with Crippen molar-refractivity contribution < 1.29 is 0 Å². The fourth-order valence-corrected chi connectivity index (χ4v) is 3.61. The second-order valence-electron chi connectivity index (χ2n) is 5.53. The molecule has 2 aromatic heterocycles. The Kier molecular flexibility index (Phi) is 3.70. The van der Waals surface area contributed by atoms with Gasteiger partial charge in [-0.1, -0.05) is 35.4 Å². The Balaban J connectivity index is 1.69. The molecule has 0 aliphatic rings. The maximum atomic E-state index is 4.75. The Hall–Kier alpha value is -2.80. The summed E-state index contributed by atoms with van der Waals surface area (Å²) in [6.07, 6.45) is 0. The van der Waals surface area contributed by atoms with Gasteiger partial charge in [-0.2, -0.15) is 4.68 Å². The van der Waals surface area contributed by atoms with E-state index in [1.165, 1.54) is 4.70 Å². The number of hydrogen-bond donors (Lipinski definition) is 0. The number of para-hydroxylation sites is 2. The highest BCUT2D eigenvalue weighted by Gasteiger charge is 2.21. The molecule has 0 aliphatic carbocycles. The van der Waals surface area contributed by atoms with Crippen LogP contribution in [0, 0.1) is 0 Å². The quantitative estimate of drug-likeness (QED) is 0.571. The highest BCUT2D eigenvalue weighted by molar-refractivity contribution is 7.18. The summed E-state index contributed by atoms with van der Waals surface area (Å²) in [7, 11) is 1.99. The van der Waals surface area contributed by atoms with Crippen LogP contribution in [0.5, 0.6) is 0 Å². The number of thiazole rings is 1. The molecule has 2 heterocycles.